The lowest BCUT2D eigenvalue weighted by atomic mass is 10.7. The van der Waals surface area contributed by atoms with Gasteiger partial charge in [-0.05, 0) is 6.04 Å². The minimum Gasteiger partial charge on any atom is -0.356 e. The van der Waals surface area contributed by atoms with Crippen LogP contribution in [0.1, 0.15) is 0 Å². The number of methoxy groups -OCH3 is 2. The second-order valence-electron chi connectivity index (χ2n) is 1.11. The van der Waals surface area contributed by atoms with E-state index in [9.17, 15) is 0 Å². The smallest absolute Gasteiger partial charge is 0.153 e. The highest BCUT2D eigenvalue weighted by Crippen LogP contribution is 1.92. The molecule has 3 heteroatoms. The van der Waals surface area contributed by atoms with E-state index in [2.05, 4.69) is 10.2 Å². The Labute approximate surface area is 47.2 Å². The Morgan fingerprint density at radius 3 is 1.86 bits per heavy atom. The van der Waals surface area contributed by atoms with Crippen LogP contribution < -0.4 is 0 Å². The average Bonchev–Trinajstić information content (AvgIpc) is 1.72. The fourth-order valence-electron chi connectivity index (χ4n) is 0.263. The molecule has 0 aliphatic heterocycles. The summed E-state index contributed by atoms with van der Waals surface area (Å²) in [7, 11) is 6.44. The molecule has 3 radical (unpaired) electrons. The van der Waals surface area contributed by atoms with Gasteiger partial charge in [0.05, 0.1) is 0 Å². The molecule has 0 bridgehead atoms. The van der Waals surface area contributed by atoms with Crippen LogP contribution in [0.2, 0.25) is 6.04 Å². The van der Waals surface area contributed by atoms with Crippen molar-refractivity contribution in [1.82, 2.24) is 0 Å². The molecular formula is C4H9O2Si. The zero-order valence-electron chi connectivity index (χ0n) is 4.60. The summed E-state index contributed by atoms with van der Waals surface area (Å²) in [5.74, 6) is 0. The van der Waals surface area contributed by atoms with E-state index in [0.29, 0.717) is 6.04 Å². The lowest BCUT2D eigenvalue weighted by molar-refractivity contribution is -0.0871. The lowest BCUT2D eigenvalue weighted by Gasteiger charge is -2.08. The van der Waals surface area contributed by atoms with Crippen molar-refractivity contribution in [3.63, 3.8) is 0 Å². The lowest BCUT2D eigenvalue weighted by Crippen LogP contribution is -2.10. The van der Waals surface area contributed by atoms with Crippen molar-refractivity contribution in [1.29, 1.82) is 0 Å². The van der Waals surface area contributed by atoms with Gasteiger partial charge in [-0.2, -0.15) is 0 Å². The highest BCUT2D eigenvalue weighted by molar-refractivity contribution is 6.08. The monoisotopic (exact) mass is 117 g/mol. The third-order valence-corrected chi connectivity index (χ3v) is 1.03. The van der Waals surface area contributed by atoms with E-state index in [4.69, 9.17) is 9.47 Å². The van der Waals surface area contributed by atoms with E-state index in [1.807, 2.05) is 0 Å². The van der Waals surface area contributed by atoms with Gasteiger partial charge in [-0.15, -0.1) is 0 Å². The predicted octanol–water partition coefficient (Wildman–Crippen LogP) is 0.192. The van der Waals surface area contributed by atoms with Gasteiger partial charge in [0.2, 0.25) is 0 Å². The van der Waals surface area contributed by atoms with Crippen LogP contribution in [0, 0.1) is 0 Å². The van der Waals surface area contributed by atoms with E-state index in [1.165, 1.54) is 0 Å². The Balaban J connectivity index is 2.99. The quantitative estimate of drug-likeness (QED) is 0.388. The Bertz CT molecular complexity index is 31.2. The fraction of sp³-hybridized carbons (Fsp3) is 1.00. The first-order valence-electron chi connectivity index (χ1n) is 2.05. The van der Waals surface area contributed by atoms with E-state index in [0.717, 1.165) is 0 Å². The van der Waals surface area contributed by atoms with Crippen molar-refractivity contribution in [3.8, 4) is 0 Å². The van der Waals surface area contributed by atoms with Crippen LogP contribution in [0.5, 0.6) is 0 Å². The van der Waals surface area contributed by atoms with Crippen molar-refractivity contribution < 1.29 is 9.47 Å². The second-order valence-corrected chi connectivity index (χ2v) is 1.51. The van der Waals surface area contributed by atoms with Gasteiger partial charge in [0.15, 0.2) is 6.29 Å². The van der Waals surface area contributed by atoms with E-state index in [1.54, 1.807) is 14.2 Å². The third-order valence-electron chi connectivity index (χ3n) is 0.692. The molecule has 0 spiro atoms. The first kappa shape index (κ1) is 7.14. The fourth-order valence-corrected chi connectivity index (χ4v) is 0.596. The minimum atomic E-state index is -0.100. The molecule has 0 atom stereocenters. The molecule has 0 aromatic heterocycles. The summed E-state index contributed by atoms with van der Waals surface area (Å²) >= 11 is 0. The van der Waals surface area contributed by atoms with Crippen molar-refractivity contribution in [3.05, 3.63) is 0 Å². The first-order valence-corrected chi connectivity index (χ1v) is 2.76. The molecule has 0 fully saturated rings. The number of hydrogen-bond acceptors (Lipinski definition) is 2. The van der Waals surface area contributed by atoms with Gasteiger partial charge in [-0.25, -0.2) is 0 Å². The van der Waals surface area contributed by atoms with Crippen molar-refractivity contribution >= 4 is 10.2 Å². The van der Waals surface area contributed by atoms with Crippen LogP contribution >= 0.6 is 0 Å². The van der Waals surface area contributed by atoms with Gasteiger partial charge in [0.25, 0.3) is 0 Å². The Morgan fingerprint density at radius 2 is 1.86 bits per heavy atom. The van der Waals surface area contributed by atoms with Crippen molar-refractivity contribution in [2.75, 3.05) is 14.2 Å². The summed E-state index contributed by atoms with van der Waals surface area (Å²) < 4.78 is 9.56. The van der Waals surface area contributed by atoms with Crippen LogP contribution in [0.25, 0.3) is 0 Å². The van der Waals surface area contributed by atoms with Crippen LogP contribution in [0.15, 0.2) is 0 Å². The summed E-state index contributed by atoms with van der Waals surface area (Å²) in [5.41, 5.74) is 0. The molecule has 0 aromatic carbocycles. The van der Waals surface area contributed by atoms with Gasteiger partial charge in [-0.1, -0.05) is 0 Å². The largest absolute Gasteiger partial charge is 0.356 e. The van der Waals surface area contributed by atoms with Crippen LogP contribution in [-0.4, -0.2) is 30.8 Å². The maximum absolute atomic E-state index is 4.78. The molecule has 0 aliphatic rings. The molecule has 0 saturated carbocycles. The molecule has 7 heavy (non-hydrogen) atoms. The maximum Gasteiger partial charge on any atom is 0.153 e. The van der Waals surface area contributed by atoms with Crippen LogP contribution in [-0.2, 0) is 9.47 Å². The molecule has 0 heterocycles. The topological polar surface area (TPSA) is 18.5 Å². The molecule has 0 saturated heterocycles. The molecule has 41 valence electrons. The summed E-state index contributed by atoms with van der Waals surface area (Å²) in [4.78, 5) is 0. The minimum absolute atomic E-state index is 0.100. The third kappa shape index (κ3) is 2.79. The number of hydrogen-bond donors (Lipinski definition) is 0. The van der Waals surface area contributed by atoms with E-state index in [-0.39, 0.29) is 6.29 Å². The zero-order valence-corrected chi connectivity index (χ0v) is 5.60. The maximum atomic E-state index is 4.78. The van der Waals surface area contributed by atoms with Crippen LogP contribution in [0.4, 0.5) is 0 Å². The molecule has 0 N–H and O–H groups in total. The second kappa shape index (κ2) is 4.30. The number of rotatable bonds is 3. The highest BCUT2D eigenvalue weighted by Gasteiger charge is 1.96. The van der Waals surface area contributed by atoms with Gasteiger partial charge < -0.3 is 9.47 Å². The average molecular weight is 117 g/mol. The Kier molecular flexibility index (Phi) is 4.38. The predicted molar refractivity (Wildman–Crippen MR) is 28.4 cm³/mol. The SMILES string of the molecule is COC(C[Si])OC. The summed E-state index contributed by atoms with van der Waals surface area (Å²) in [6.07, 6.45) is -0.100. The number of ether oxygens (including phenoxy) is 2. The van der Waals surface area contributed by atoms with Crippen LogP contribution in [0.3, 0.4) is 0 Å². The van der Waals surface area contributed by atoms with Gasteiger partial charge in [0.1, 0.15) is 0 Å². The van der Waals surface area contributed by atoms with E-state index < -0.39 is 0 Å². The molecule has 0 aliphatic carbocycles. The molecular weight excluding hydrogens is 108 g/mol. The Morgan fingerprint density at radius 1 is 1.43 bits per heavy atom. The summed E-state index contributed by atoms with van der Waals surface area (Å²) in [5, 5.41) is 0. The normalized spacial score (nSPS) is 10.3. The molecule has 0 rings (SSSR count). The molecule has 0 aromatic rings. The summed E-state index contributed by atoms with van der Waals surface area (Å²) in [6.45, 7) is 0. The molecule has 2 nitrogen and oxygen atoms in total. The van der Waals surface area contributed by atoms with Gasteiger partial charge in [-0.3, -0.25) is 0 Å². The summed E-state index contributed by atoms with van der Waals surface area (Å²) in [6, 6.07) is 0.715. The molecule has 0 unspecified atom stereocenters. The first-order chi connectivity index (χ1) is 3.35. The molecule has 0 amide bonds. The highest BCUT2D eigenvalue weighted by atomic mass is 28.1. The standard InChI is InChI=1S/C4H9O2Si/c1-5-4(3-7)6-2/h4H,3H2,1-2H3. The Hall–Kier alpha value is 0.137. The van der Waals surface area contributed by atoms with E-state index >= 15 is 0 Å². The zero-order chi connectivity index (χ0) is 5.70. The van der Waals surface area contributed by atoms with Gasteiger partial charge in [0, 0.05) is 24.5 Å². The van der Waals surface area contributed by atoms with Crippen molar-refractivity contribution in [2.24, 2.45) is 0 Å². The van der Waals surface area contributed by atoms with Crippen molar-refractivity contribution in [2.45, 2.75) is 12.3 Å². The van der Waals surface area contributed by atoms with Gasteiger partial charge >= 0.3 is 0 Å².